The minimum atomic E-state index is -1.50. The van der Waals surface area contributed by atoms with E-state index in [-0.39, 0.29) is 58.1 Å². The van der Waals surface area contributed by atoms with Gasteiger partial charge in [-0.1, -0.05) is 29.1 Å². The van der Waals surface area contributed by atoms with Gasteiger partial charge in [-0.15, -0.1) is 16.9 Å². The molecule has 2 amide bonds. The fourth-order valence-electron chi connectivity index (χ4n) is 3.37. The molecule has 1 unspecified atom stereocenters. The van der Waals surface area contributed by atoms with Crippen LogP contribution in [0.3, 0.4) is 0 Å². The number of carboxylic acid groups (broad SMARTS) is 1. The number of rotatable bonds is 7. The molecular weight excluding hydrogens is 497 g/mol. The molecule has 1 aromatic carbocycles. The van der Waals surface area contributed by atoms with Crippen molar-refractivity contribution in [2.75, 3.05) is 11.5 Å². The van der Waals surface area contributed by atoms with E-state index in [1.165, 1.54) is 52.5 Å². The number of hydrogen-bond donors (Lipinski definition) is 3. The number of phenolic OH excluding ortho intramolecular Hbond substituents is 1. The number of thioether (sulfide) groups is 2. The number of amides is 2. The first-order chi connectivity index (χ1) is 15.8. The largest absolute Gasteiger partial charge is 1.00 e. The number of carbonyl (C=O) groups is 3. The third-order valence-electron chi connectivity index (χ3n) is 4.92. The molecule has 2 atom stereocenters. The van der Waals surface area contributed by atoms with Crippen molar-refractivity contribution < 1.29 is 59.4 Å². The van der Waals surface area contributed by atoms with Gasteiger partial charge in [0.2, 0.25) is 5.16 Å². The molecule has 0 radical (unpaired) electrons. The van der Waals surface area contributed by atoms with Crippen molar-refractivity contribution in [1.82, 2.24) is 30.4 Å². The molecule has 3 N–H and O–H groups in total. The zero-order valence-electron chi connectivity index (χ0n) is 17.9. The molecule has 3 heterocycles. The van der Waals surface area contributed by atoms with Crippen molar-refractivity contribution in [3.05, 3.63) is 41.1 Å². The Kier molecular flexibility index (Phi) is 8.25. The summed E-state index contributed by atoms with van der Waals surface area (Å²) in [7, 11) is 1.65. The number of aromatic nitrogens is 4. The zero-order chi connectivity index (χ0) is 23.7. The maximum Gasteiger partial charge on any atom is 1.00 e. The Balaban J connectivity index is 0.00000324. The molecule has 172 valence electrons. The van der Waals surface area contributed by atoms with E-state index in [0.717, 1.165) is 4.90 Å². The van der Waals surface area contributed by atoms with Crippen LogP contribution in [0.5, 0.6) is 5.75 Å². The molecular formula is C18H16N7NaO6S2. The molecule has 34 heavy (non-hydrogen) atoms. The second-order valence-electron chi connectivity index (χ2n) is 6.97. The number of nitrogens with one attached hydrogen (secondary N) is 1. The average Bonchev–Trinajstić information content (AvgIpc) is 3.20. The molecule has 0 saturated carbocycles. The third-order valence-corrected chi connectivity index (χ3v) is 7.36. The van der Waals surface area contributed by atoms with Crippen LogP contribution < -0.4 is 40.0 Å². The fourth-order valence-corrected chi connectivity index (χ4v) is 5.71. The van der Waals surface area contributed by atoms with Gasteiger partial charge in [-0.3, -0.25) is 14.5 Å². The molecule has 0 spiro atoms. The Morgan fingerprint density at radius 1 is 1.41 bits per heavy atom. The van der Waals surface area contributed by atoms with E-state index >= 15 is 0 Å². The van der Waals surface area contributed by atoms with E-state index in [0.29, 0.717) is 10.7 Å². The molecule has 2 aliphatic rings. The number of phenols is 1. The van der Waals surface area contributed by atoms with Crippen molar-refractivity contribution in [2.45, 2.75) is 16.6 Å². The summed E-state index contributed by atoms with van der Waals surface area (Å²) in [5.74, 6) is -2.59. The van der Waals surface area contributed by atoms with Crippen molar-refractivity contribution >= 4 is 47.0 Å². The summed E-state index contributed by atoms with van der Waals surface area (Å²) in [4.78, 5) is 38.3. The Hall–Kier alpha value is -2.59. The number of aryl methyl sites for hydroxylation is 1. The number of aliphatic carboxylic acids is 1. The van der Waals surface area contributed by atoms with Crippen LogP contribution >= 0.6 is 23.5 Å². The first kappa shape index (κ1) is 26.0. The number of β-lactam (4-membered cyclic amide) rings is 1. The topological polar surface area (TPSA) is 186 Å². The van der Waals surface area contributed by atoms with Crippen LogP contribution in [-0.2, 0) is 21.4 Å². The number of carboxylic acids is 1. The van der Waals surface area contributed by atoms with Crippen LogP contribution in [0, 0.1) is 0 Å². The van der Waals surface area contributed by atoms with E-state index in [2.05, 4.69) is 26.0 Å². The average molecular weight is 513 g/mol. The van der Waals surface area contributed by atoms with Gasteiger partial charge in [-0.25, -0.2) is 4.68 Å². The summed E-state index contributed by atoms with van der Waals surface area (Å²) in [6, 6.07) is 4.50. The van der Waals surface area contributed by atoms with Crippen molar-refractivity contribution in [1.29, 1.82) is 0 Å². The number of nitrogens with zero attached hydrogens (tertiary/aromatic N) is 6. The van der Waals surface area contributed by atoms with E-state index in [1.807, 2.05) is 0 Å². The predicted octanol–water partition coefficient (Wildman–Crippen LogP) is -4.71. The van der Waals surface area contributed by atoms with Crippen LogP contribution in [0.4, 0.5) is 0 Å². The maximum atomic E-state index is 12.8. The van der Waals surface area contributed by atoms with Crippen LogP contribution in [0.1, 0.15) is 5.56 Å². The minimum absolute atomic E-state index is 0. The standard InChI is InChI=1S/C18H17N7O6S2.Na/c1-24-18(20-22-23-24)33-7-9-6-32-16-12(15(28)25(16)13(9)17(29)30)19-14(27)11(21-31)8-3-2-4-10(26)5-8;/h2-5,12,16,26,31H,6-7H2,1H3,(H,19,27)(H,29,30);/q;+1/p-1/t12?,16-;/m0./s1. The molecule has 2 aromatic rings. The van der Waals surface area contributed by atoms with Crippen molar-refractivity contribution in [3.8, 4) is 5.75 Å². The van der Waals surface area contributed by atoms with Gasteiger partial charge in [0.15, 0.2) is 5.71 Å². The summed E-state index contributed by atoms with van der Waals surface area (Å²) in [6.07, 6.45) is 0. The number of fused-ring (bicyclic) bond motifs is 1. The van der Waals surface area contributed by atoms with Gasteiger partial charge in [-0.05, 0) is 28.1 Å². The summed E-state index contributed by atoms with van der Waals surface area (Å²) in [5, 5.41) is 47.0. The smallest absolute Gasteiger partial charge is 0.543 e. The number of hydrogen-bond acceptors (Lipinski definition) is 12. The monoisotopic (exact) mass is 513 g/mol. The number of carbonyl (C=O) groups excluding carboxylic acids is 3. The molecule has 0 aliphatic carbocycles. The number of oxime groups is 1. The van der Waals surface area contributed by atoms with Gasteiger partial charge >= 0.3 is 29.6 Å². The van der Waals surface area contributed by atoms with E-state index in [1.54, 1.807) is 7.05 Å². The predicted molar refractivity (Wildman–Crippen MR) is 113 cm³/mol. The fraction of sp³-hybridized carbons (Fsp3) is 0.278. The Morgan fingerprint density at radius 3 is 2.79 bits per heavy atom. The number of aromatic hydroxyl groups is 1. The number of benzene rings is 1. The SMILES string of the molecule is Cn1nnnc1SCC1=C(C(=O)[O-])N2C(=O)C(NC(=O)C(=NO)c3cccc(O)c3)[C@@H]2SC1.[Na+]. The van der Waals surface area contributed by atoms with Gasteiger partial charge in [-0.2, -0.15) is 0 Å². The third kappa shape index (κ3) is 4.93. The number of tetrazole rings is 1. The Bertz CT molecular complexity index is 1200. The zero-order valence-corrected chi connectivity index (χ0v) is 21.5. The summed E-state index contributed by atoms with van der Waals surface area (Å²) < 4.78 is 1.44. The molecule has 13 nitrogen and oxygen atoms in total. The van der Waals surface area contributed by atoms with Crippen molar-refractivity contribution in [2.24, 2.45) is 12.2 Å². The molecule has 1 aromatic heterocycles. The molecule has 16 heteroatoms. The van der Waals surface area contributed by atoms with Gasteiger partial charge in [0, 0.05) is 24.1 Å². The van der Waals surface area contributed by atoms with Crippen LogP contribution in [0.15, 0.2) is 45.8 Å². The van der Waals surface area contributed by atoms with E-state index in [9.17, 15) is 29.8 Å². The van der Waals surface area contributed by atoms with Gasteiger partial charge in [0.05, 0.1) is 11.7 Å². The minimum Gasteiger partial charge on any atom is -0.543 e. The summed E-state index contributed by atoms with van der Waals surface area (Å²) in [6.45, 7) is 0. The molecule has 4 rings (SSSR count). The van der Waals surface area contributed by atoms with E-state index in [4.69, 9.17) is 0 Å². The first-order valence-electron chi connectivity index (χ1n) is 9.37. The normalized spacial score (nSPS) is 19.7. The van der Waals surface area contributed by atoms with Gasteiger partial charge < -0.3 is 25.5 Å². The molecule has 0 bridgehead atoms. The summed E-state index contributed by atoms with van der Waals surface area (Å²) >= 11 is 2.50. The summed E-state index contributed by atoms with van der Waals surface area (Å²) in [5.41, 5.74) is -0.0218. The van der Waals surface area contributed by atoms with Crippen LogP contribution in [0.25, 0.3) is 0 Å². The second kappa shape index (κ2) is 10.8. The maximum absolute atomic E-state index is 12.8. The Morgan fingerprint density at radius 2 is 2.18 bits per heavy atom. The molecule has 1 saturated heterocycles. The second-order valence-corrected chi connectivity index (χ2v) is 9.02. The van der Waals surface area contributed by atoms with Crippen molar-refractivity contribution in [3.63, 3.8) is 0 Å². The molecule has 1 fully saturated rings. The quantitative estimate of drug-likeness (QED) is 0.0806. The van der Waals surface area contributed by atoms with Crippen LogP contribution in [0.2, 0.25) is 0 Å². The van der Waals surface area contributed by atoms with E-state index < -0.39 is 34.9 Å². The van der Waals surface area contributed by atoms with Gasteiger partial charge in [0.1, 0.15) is 17.2 Å². The van der Waals surface area contributed by atoms with Gasteiger partial charge in [0.25, 0.3) is 11.8 Å². The Labute approximate surface area is 222 Å². The molecule has 2 aliphatic heterocycles. The first-order valence-corrected chi connectivity index (χ1v) is 11.4. The van der Waals surface area contributed by atoms with Crippen LogP contribution in [-0.4, -0.2) is 81.8 Å².